The standard InChI is InChI=1S/C28H33N3O6/c32-14-15-35-16-17-36-26-19-21(20-6-2-1-3-7-20)18-25(37-26)27(33)30-12-10-22(11-13-30)31-24-9-5-4-8-23(24)29-28(31)34/h1-9,18,21-22,26,32H,10-17,19H2,(H,29,34)/t21-,26+/m1/s1. The van der Waals surface area contributed by atoms with Crippen LogP contribution < -0.4 is 5.69 Å². The number of amides is 1. The number of nitrogens with zero attached hydrogens (tertiary/aromatic N) is 2. The normalized spacial score (nSPS) is 20.6. The van der Waals surface area contributed by atoms with Crippen molar-refractivity contribution in [3.8, 4) is 0 Å². The van der Waals surface area contributed by atoms with E-state index in [0.29, 0.717) is 51.3 Å². The van der Waals surface area contributed by atoms with Crippen molar-refractivity contribution in [2.24, 2.45) is 0 Å². The van der Waals surface area contributed by atoms with Crippen LogP contribution in [-0.4, -0.2) is 71.3 Å². The molecule has 9 heteroatoms. The average molecular weight is 508 g/mol. The molecule has 0 aliphatic carbocycles. The maximum absolute atomic E-state index is 13.5. The number of rotatable bonds is 9. The summed E-state index contributed by atoms with van der Waals surface area (Å²) in [6.45, 7) is 1.93. The Bertz CT molecular complexity index is 1280. The number of imidazole rings is 1. The van der Waals surface area contributed by atoms with Gasteiger partial charge in [0.1, 0.15) is 0 Å². The Morgan fingerprint density at radius 3 is 2.57 bits per heavy atom. The monoisotopic (exact) mass is 507 g/mol. The molecule has 1 saturated heterocycles. The molecule has 2 atom stereocenters. The van der Waals surface area contributed by atoms with Crippen molar-refractivity contribution in [1.29, 1.82) is 0 Å². The number of piperidine rings is 1. The predicted octanol–water partition coefficient (Wildman–Crippen LogP) is 2.93. The lowest BCUT2D eigenvalue weighted by atomic mass is 9.92. The van der Waals surface area contributed by atoms with E-state index < -0.39 is 6.29 Å². The number of aliphatic hydroxyl groups excluding tert-OH is 1. The summed E-state index contributed by atoms with van der Waals surface area (Å²) in [7, 11) is 0. The molecule has 37 heavy (non-hydrogen) atoms. The molecule has 0 unspecified atom stereocenters. The molecule has 5 rings (SSSR count). The molecule has 2 aromatic carbocycles. The second kappa shape index (κ2) is 11.8. The Morgan fingerprint density at radius 2 is 1.78 bits per heavy atom. The molecule has 9 nitrogen and oxygen atoms in total. The van der Waals surface area contributed by atoms with Crippen LogP contribution in [0.5, 0.6) is 0 Å². The van der Waals surface area contributed by atoms with Gasteiger partial charge in [0.25, 0.3) is 5.91 Å². The highest BCUT2D eigenvalue weighted by Gasteiger charge is 2.33. The van der Waals surface area contributed by atoms with Gasteiger partial charge in [-0.3, -0.25) is 9.36 Å². The van der Waals surface area contributed by atoms with Gasteiger partial charge in [0.15, 0.2) is 5.76 Å². The van der Waals surface area contributed by atoms with Gasteiger partial charge in [-0.25, -0.2) is 4.79 Å². The Hall–Kier alpha value is -3.40. The summed E-state index contributed by atoms with van der Waals surface area (Å²) in [5.74, 6) is 0.124. The van der Waals surface area contributed by atoms with Gasteiger partial charge < -0.3 is 29.2 Å². The van der Waals surface area contributed by atoms with Crippen LogP contribution in [0.4, 0.5) is 0 Å². The number of hydrogen-bond acceptors (Lipinski definition) is 6. The van der Waals surface area contributed by atoms with E-state index in [2.05, 4.69) is 4.98 Å². The molecule has 0 saturated carbocycles. The van der Waals surface area contributed by atoms with Crippen LogP contribution in [0.15, 0.2) is 71.2 Å². The van der Waals surface area contributed by atoms with E-state index in [0.717, 1.165) is 16.6 Å². The highest BCUT2D eigenvalue weighted by molar-refractivity contribution is 5.92. The fourth-order valence-electron chi connectivity index (χ4n) is 5.17. The van der Waals surface area contributed by atoms with E-state index in [1.807, 2.05) is 65.2 Å². The largest absolute Gasteiger partial charge is 0.459 e. The molecule has 3 aromatic rings. The van der Waals surface area contributed by atoms with Crippen molar-refractivity contribution in [3.05, 3.63) is 82.5 Å². The smallest absolute Gasteiger partial charge is 0.326 e. The Balaban J connectivity index is 1.26. The van der Waals surface area contributed by atoms with Crippen LogP contribution in [0.25, 0.3) is 11.0 Å². The van der Waals surface area contributed by atoms with Crippen molar-refractivity contribution < 1.29 is 24.1 Å². The molecule has 0 spiro atoms. The molecule has 1 amide bonds. The topological polar surface area (TPSA) is 106 Å². The number of likely N-dealkylation sites (tertiary alicyclic amines) is 1. The van der Waals surface area contributed by atoms with Crippen LogP contribution in [0.1, 0.15) is 36.8 Å². The van der Waals surface area contributed by atoms with Crippen LogP contribution >= 0.6 is 0 Å². The summed E-state index contributed by atoms with van der Waals surface area (Å²) >= 11 is 0. The zero-order valence-electron chi connectivity index (χ0n) is 20.8. The minimum atomic E-state index is -0.575. The van der Waals surface area contributed by atoms with Gasteiger partial charge in [0.05, 0.1) is 37.5 Å². The lowest BCUT2D eigenvalue weighted by molar-refractivity contribution is -0.157. The van der Waals surface area contributed by atoms with Crippen LogP contribution in [0, 0.1) is 0 Å². The van der Waals surface area contributed by atoms with E-state index in [1.165, 1.54) is 0 Å². The van der Waals surface area contributed by atoms with Crippen LogP contribution in [0.3, 0.4) is 0 Å². The summed E-state index contributed by atoms with van der Waals surface area (Å²) in [6.07, 6.45) is 3.28. The molecule has 2 aliphatic heterocycles. The molecule has 0 bridgehead atoms. The molecule has 3 heterocycles. The third-order valence-electron chi connectivity index (χ3n) is 7.00. The molecular formula is C28H33N3O6. The molecule has 1 aromatic heterocycles. The number of ether oxygens (including phenoxy) is 3. The lowest BCUT2D eigenvalue weighted by Crippen LogP contribution is -2.42. The number of benzene rings is 2. The first kappa shape index (κ1) is 25.3. The van der Waals surface area contributed by atoms with Gasteiger partial charge in [-0.15, -0.1) is 0 Å². The third kappa shape index (κ3) is 5.79. The average Bonchev–Trinajstić information content (AvgIpc) is 3.28. The fraction of sp³-hybridized carbons (Fsp3) is 0.429. The fourth-order valence-corrected chi connectivity index (χ4v) is 5.17. The zero-order valence-corrected chi connectivity index (χ0v) is 20.8. The van der Waals surface area contributed by atoms with Crippen LogP contribution in [-0.2, 0) is 19.0 Å². The molecule has 1 fully saturated rings. The Labute approximate surface area is 215 Å². The number of H-pyrrole nitrogens is 1. The summed E-state index contributed by atoms with van der Waals surface area (Å²) in [6, 6.07) is 17.7. The first-order valence-corrected chi connectivity index (χ1v) is 12.9. The maximum atomic E-state index is 13.5. The Morgan fingerprint density at radius 1 is 1.03 bits per heavy atom. The van der Waals surface area contributed by atoms with Gasteiger partial charge in [0, 0.05) is 31.5 Å². The number of allylic oxidation sites excluding steroid dienone is 1. The number of nitrogens with one attached hydrogen (secondary N) is 1. The van der Waals surface area contributed by atoms with Gasteiger partial charge in [0.2, 0.25) is 6.29 Å². The van der Waals surface area contributed by atoms with Crippen LogP contribution in [0.2, 0.25) is 0 Å². The molecule has 0 radical (unpaired) electrons. The van der Waals surface area contributed by atoms with E-state index in [9.17, 15) is 9.59 Å². The second-order valence-corrected chi connectivity index (χ2v) is 9.38. The van der Waals surface area contributed by atoms with Crippen molar-refractivity contribution in [2.45, 2.75) is 37.5 Å². The van der Waals surface area contributed by atoms with Gasteiger partial charge in [-0.1, -0.05) is 42.5 Å². The highest BCUT2D eigenvalue weighted by atomic mass is 16.7. The number of carbonyl (C=O) groups excluding carboxylic acids is 1. The SMILES string of the molecule is O=C(C1=C[C@@H](c2ccccc2)C[C@@H](OCCOCCO)O1)N1CCC(n2c(=O)[nH]c3ccccc32)CC1. The zero-order chi connectivity index (χ0) is 25.6. The van der Waals surface area contributed by atoms with E-state index >= 15 is 0 Å². The number of aromatic nitrogens is 2. The number of hydrogen-bond donors (Lipinski definition) is 2. The van der Waals surface area contributed by atoms with Crippen molar-refractivity contribution in [3.63, 3.8) is 0 Å². The first-order valence-electron chi connectivity index (χ1n) is 12.9. The molecule has 2 N–H and O–H groups in total. The number of aliphatic hydroxyl groups is 1. The quantitative estimate of drug-likeness (QED) is 0.432. The first-order chi connectivity index (χ1) is 18.1. The molecular weight excluding hydrogens is 474 g/mol. The number of fused-ring (bicyclic) bond motifs is 1. The summed E-state index contributed by atoms with van der Waals surface area (Å²) in [5, 5.41) is 8.87. The number of para-hydroxylation sites is 2. The minimum absolute atomic E-state index is 0.0143. The van der Waals surface area contributed by atoms with E-state index in [4.69, 9.17) is 19.3 Å². The maximum Gasteiger partial charge on any atom is 0.326 e. The lowest BCUT2D eigenvalue weighted by Gasteiger charge is -2.35. The van der Waals surface area contributed by atoms with Crippen molar-refractivity contribution in [1.82, 2.24) is 14.5 Å². The predicted molar refractivity (Wildman–Crippen MR) is 138 cm³/mol. The van der Waals surface area contributed by atoms with Gasteiger partial charge >= 0.3 is 5.69 Å². The van der Waals surface area contributed by atoms with E-state index in [-0.39, 0.29) is 36.8 Å². The van der Waals surface area contributed by atoms with Crippen molar-refractivity contribution >= 4 is 16.9 Å². The third-order valence-corrected chi connectivity index (χ3v) is 7.00. The second-order valence-electron chi connectivity index (χ2n) is 9.38. The summed E-state index contributed by atoms with van der Waals surface area (Å²) < 4.78 is 19.0. The Kier molecular flexibility index (Phi) is 8.03. The molecule has 2 aliphatic rings. The van der Waals surface area contributed by atoms with Gasteiger partial charge in [-0.05, 0) is 36.6 Å². The van der Waals surface area contributed by atoms with Gasteiger partial charge in [-0.2, -0.15) is 0 Å². The summed E-state index contributed by atoms with van der Waals surface area (Å²) in [4.78, 5) is 30.9. The number of aromatic amines is 1. The minimum Gasteiger partial charge on any atom is -0.459 e. The number of carbonyl (C=O) groups is 1. The highest BCUT2D eigenvalue weighted by Crippen LogP contribution is 2.33. The van der Waals surface area contributed by atoms with E-state index in [1.54, 1.807) is 4.90 Å². The van der Waals surface area contributed by atoms with Crippen molar-refractivity contribution in [2.75, 3.05) is 39.5 Å². The molecule has 196 valence electrons. The summed E-state index contributed by atoms with van der Waals surface area (Å²) in [5.41, 5.74) is 2.70.